The van der Waals surface area contributed by atoms with Crippen molar-refractivity contribution in [2.75, 3.05) is 7.11 Å². The topological polar surface area (TPSA) is 47.6 Å². The number of carbonyl (C=O) groups excluding carboxylic acids is 1. The molecule has 0 heterocycles. The largest absolute Gasteiger partial charge is 0.497 e. The van der Waals surface area contributed by atoms with E-state index in [1.807, 2.05) is 55.5 Å². The first-order valence-corrected chi connectivity index (χ1v) is 7.22. The third-order valence-corrected chi connectivity index (χ3v) is 3.30. The quantitative estimate of drug-likeness (QED) is 0.891. The van der Waals surface area contributed by atoms with Gasteiger partial charge in [-0.1, -0.05) is 29.8 Å². The zero-order chi connectivity index (χ0) is 15.9. The molecule has 0 aliphatic carbocycles. The molecule has 2 aromatic rings. The second-order valence-corrected chi connectivity index (χ2v) is 5.14. The first-order chi connectivity index (χ1) is 10.6. The van der Waals surface area contributed by atoms with Crippen LogP contribution in [0.5, 0.6) is 11.5 Å². The fourth-order valence-corrected chi connectivity index (χ4v) is 1.99. The summed E-state index contributed by atoms with van der Waals surface area (Å²) in [6.45, 7) is 4.19. The zero-order valence-corrected chi connectivity index (χ0v) is 13.1. The Hall–Kier alpha value is -2.49. The first-order valence-electron chi connectivity index (χ1n) is 7.22. The van der Waals surface area contributed by atoms with Crippen LogP contribution in [0, 0.1) is 6.92 Å². The number of rotatable bonds is 6. The summed E-state index contributed by atoms with van der Waals surface area (Å²) < 4.78 is 10.8. The van der Waals surface area contributed by atoms with Gasteiger partial charge in [0.25, 0.3) is 5.91 Å². The molecule has 1 atom stereocenters. The standard InChI is InChI=1S/C18H21NO3/c1-13-7-9-16(10-8-13)22-14(2)18(20)19-12-15-5-4-6-17(11-15)21-3/h4-11,14H,12H2,1-3H3,(H,19,20)/t14-/m0/s1. The van der Waals surface area contributed by atoms with Crippen LogP contribution in [0.2, 0.25) is 0 Å². The van der Waals surface area contributed by atoms with Crippen molar-refractivity contribution in [3.63, 3.8) is 0 Å². The number of methoxy groups -OCH3 is 1. The predicted molar refractivity (Wildman–Crippen MR) is 86.1 cm³/mol. The minimum absolute atomic E-state index is 0.150. The van der Waals surface area contributed by atoms with Gasteiger partial charge in [0.2, 0.25) is 0 Å². The summed E-state index contributed by atoms with van der Waals surface area (Å²) in [6.07, 6.45) is -0.548. The Balaban J connectivity index is 1.86. The lowest BCUT2D eigenvalue weighted by Gasteiger charge is -2.15. The van der Waals surface area contributed by atoms with Gasteiger partial charge in [-0.3, -0.25) is 4.79 Å². The molecule has 2 rings (SSSR count). The van der Waals surface area contributed by atoms with Gasteiger partial charge in [0, 0.05) is 6.54 Å². The Morgan fingerprint density at radius 1 is 1.14 bits per heavy atom. The van der Waals surface area contributed by atoms with E-state index in [-0.39, 0.29) is 5.91 Å². The summed E-state index contributed by atoms with van der Waals surface area (Å²) in [5, 5.41) is 2.86. The minimum atomic E-state index is -0.548. The third-order valence-electron chi connectivity index (χ3n) is 3.30. The van der Waals surface area contributed by atoms with E-state index < -0.39 is 6.10 Å². The second kappa shape index (κ2) is 7.50. The summed E-state index contributed by atoms with van der Waals surface area (Å²) in [7, 11) is 1.62. The molecule has 0 spiro atoms. The summed E-state index contributed by atoms with van der Waals surface area (Å²) in [5.74, 6) is 1.31. The van der Waals surface area contributed by atoms with Crippen molar-refractivity contribution in [1.29, 1.82) is 0 Å². The molecule has 22 heavy (non-hydrogen) atoms. The summed E-state index contributed by atoms with van der Waals surface area (Å²) >= 11 is 0. The zero-order valence-electron chi connectivity index (χ0n) is 13.1. The highest BCUT2D eigenvalue weighted by molar-refractivity contribution is 5.80. The predicted octanol–water partition coefficient (Wildman–Crippen LogP) is 3.09. The lowest BCUT2D eigenvalue weighted by molar-refractivity contribution is -0.127. The monoisotopic (exact) mass is 299 g/mol. The Bertz CT molecular complexity index is 622. The minimum Gasteiger partial charge on any atom is -0.497 e. The molecule has 0 saturated heterocycles. The van der Waals surface area contributed by atoms with E-state index in [1.54, 1.807) is 14.0 Å². The average molecular weight is 299 g/mol. The number of benzene rings is 2. The lowest BCUT2D eigenvalue weighted by Crippen LogP contribution is -2.35. The molecular weight excluding hydrogens is 278 g/mol. The Labute approximate surface area is 131 Å². The van der Waals surface area contributed by atoms with Crippen LogP contribution < -0.4 is 14.8 Å². The van der Waals surface area contributed by atoms with Gasteiger partial charge in [-0.05, 0) is 43.7 Å². The van der Waals surface area contributed by atoms with Crippen LogP contribution >= 0.6 is 0 Å². The molecule has 4 heteroatoms. The maximum absolute atomic E-state index is 12.1. The van der Waals surface area contributed by atoms with Crippen molar-refractivity contribution >= 4 is 5.91 Å². The summed E-state index contributed by atoms with van der Waals surface area (Å²) in [6, 6.07) is 15.2. The van der Waals surface area contributed by atoms with Crippen molar-refractivity contribution in [1.82, 2.24) is 5.32 Å². The van der Waals surface area contributed by atoms with E-state index in [1.165, 1.54) is 0 Å². The molecule has 116 valence electrons. The van der Waals surface area contributed by atoms with Crippen molar-refractivity contribution < 1.29 is 14.3 Å². The van der Waals surface area contributed by atoms with E-state index >= 15 is 0 Å². The van der Waals surface area contributed by atoms with E-state index in [0.717, 1.165) is 16.9 Å². The van der Waals surface area contributed by atoms with Crippen LogP contribution in [0.3, 0.4) is 0 Å². The normalized spacial score (nSPS) is 11.6. The number of hydrogen-bond donors (Lipinski definition) is 1. The number of nitrogens with one attached hydrogen (secondary N) is 1. The van der Waals surface area contributed by atoms with Crippen LogP contribution in [-0.4, -0.2) is 19.1 Å². The van der Waals surface area contributed by atoms with Gasteiger partial charge in [-0.2, -0.15) is 0 Å². The summed E-state index contributed by atoms with van der Waals surface area (Å²) in [5.41, 5.74) is 2.14. The number of ether oxygens (including phenoxy) is 2. The van der Waals surface area contributed by atoms with Crippen molar-refractivity contribution in [2.45, 2.75) is 26.5 Å². The molecule has 0 aromatic heterocycles. The van der Waals surface area contributed by atoms with Gasteiger partial charge in [0.1, 0.15) is 11.5 Å². The Morgan fingerprint density at radius 2 is 1.86 bits per heavy atom. The highest BCUT2D eigenvalue weighted by atomic mass is 16.5. The van der Waals surface area contributed by atoms with Gasteiger partial charge < -0.3 is 14.8 Å². The molecule has 0 radical (unpaired) electrons. The van der Waals surface area contributed by atoms with Crippen LogP contribution in [-0.2, 0) is 11.3 Å². The first kappa shape index (κ1) is 15.9. The summed E-state index contributed by atoms with van der Waals surface area (Å²) in [4.78, 5) is 12.1. The average Bonchev–Trinajstić information content (AvgIpc) is 2.54. The molecule has 4 nitrogen and oxygen atoms in total. The molecule has 0 aliphatic rings. The molecule has 0 unspecified atom stereocenters. The van der Waals surface area contributed by atoms with Gasteiger partial charge in [-0.15, -0.1) is 0 Å². The van der Waals surface area contributed by atoms with E-state index in [9.17, 15) is 4.79 Å². The number of amides is 1. The Morgan fingerprint density at radius 3 is 2.55 bits per heavy atom. The van der Waals surface area contributed by atoms with Crippen LogP contribution in [0.25, 0.3) is 0 Å². The molecule has 0 aliphatic heterocycles. The highest BCUT2D eigenvalue weighted by Crippen LogP contribution is 2.14. The van der Waals surface area contributed by atoms with Crippen LogP contribution in [0.1, 0.15) is 18.1 Å². The molecule has 1 amide bonds. The van der Waals surface area contributed by atoms with Gasteiger partial charge in [0.15, 0.2) is 6.10 Å². The van der Waals surface area contributed by atoms with Crippen LogP contribution in [0.4, 0.5) is 0 Å². The van der Waals surface area contributed by atoms with E-state index in [0.29, 0.717) is 12.3 Å². The highest BCUT2D eigenvalue weighted by Gasteiger charge is 2.14. The fourth-order valence-electron chi connectivity index (χ4n) is 1.99. The van der Waals surface area contributed by atoms with Crippen molar-refractivity contribution in [3.05, 3.63) is 59.7 Å². The van der Waals surface area contributed by atoms with Crippen LogP contribution in [0.15, 0.2) is 48.5 Å². The molecule has 2 aromatic carbocycles. The molecule has 0 saturated carbocycles. The SMILES string of the molecule is COc1cccc(CNC(=O)[C@H](C)Oc2ccc(C)cc2)c1. The second-order valence-electron chi connectivity index (χ2n) is 5.14. The maximum atomic E-state index is 12.1. The number of aryl methyl sites for hydroxylation is 1. The van der Waals surface area contributed by atoms with Gasteiger partial charge in [0.05, 0.1) is 7.11 Å². The lowest BCUT2D eigenvalue weighted by atomic mass is 10.2. The number of carbonyl (C=O) groups is 1. The van der Waals surface area contributed by atoms with Gasteiger partial charge in [-0.25, -0.2) is 0 Å². The Kier molecular flexibility index (Phi) is 5.42. The number of hydrogen-bond acceptors (Lipinski definition) is 3. The smallest absolute Gasteiger partial charge is 0.261 e. The molecule has 1 N–H and O–H groups in total. The third kappa shape index (κ3) is 4.52. The maximum Gasteiger partial charge on any atom is 0.261 e. The molecule has 0 bridgehead atoms. The molecule has 0 fully saturated rings. The fraction of sp³-hybridized carbons (Fsp3) is 0.278. The van der Waals surface area contributed by atoms with Crippen molar-refractivity contribution in [2.24, 2.45) is 0 Å². The van der Waals surface area contributed by atoms with Crippen molar-refractivity contribution in [3.8, 4) is 11.5 Å². The van der Waals surface area contributed by atoms with Gasteiger partial charge >= 0.3 is 0 Å². The molecular formula is C18H21NO3. The van der Waals surface area contributed by atoms with E-state index in [2.05, 4.69) is 5.32 Å². The van der Waals surface area contributed by atoms with E-state index in [4.69, 9.17) is 9.47 Å².